The molecule has 0 atom stereocenters. The minimum Gasteiger partial charge on any atom is -0.332 e. The van der Waals surface area contributed by atoms with Crippen LogP contribution in [0.2, 0.25) is 5.02 Å². The molecule has 1 aliphatic heterocycles. The number of nitrogens with zero attached hydrogens (tertiary/aromatic N) is 7. The lowest BCUT2D eigenvalue weighted by atomic mass is 10.2. The fourth-order valence-electron chi connectivity index (χ4n) is 3.12. The summed E-state index contributed by atoms with van der Waals surface area (Å²) in [5, 5.41) is 12.9. The number of rotatable bonds is 2. The number of halogens is 1. The zero-order valence-corrected chi connectivity index (χ0v) is 14.8. The van der Waals surface area contributed by atoms with Crippen LogP contribution in [0.25, 0.3) is 23.0 Å². The molecule has 0 unspecified atom stereocenters. The van der Waals surface area contributed by atoms with E-state index < -0.39 is 0 Å². The van der Waals surface area contributed by atoms with Gasteiger partial charge < -0.3 is 4.52 Å². The summed E-state index contributed by atoms with van der Waals surface area (Å²) in [4.78, 5) is 9.04. The summed E-state index contributed by atoms with van der Waals surface area (Å²) in [5.41, 5.74) is 4.29. The van der Waals surface area contributed by atoms with E-state index in [0.29, 0.717) is 28.9 Å². The third-order valence-electron chi connectivity index (χ3n) is 4.42. The molecule has 0 N–H and O–H groups in total. The Balaban J connectivity index is 1.74. The van der Waals surface area contributed by atoms with E-state index in [1.807, 2.05) is 36.6 Å². The van der Waals surface area contributed by atoms with E-state index in [1.165, 1.54) is 0 Å². The molecule has 4 aromatic rings. The molecule has 9 heteroatoms. The van der Waals surface area contributed by atoms with Crippen molar-refractivity contribution >= 4 is 11.6 Å². The van der Waals surface area contributed by atoms with Crippen molar-refractivity contribution < 1.29 is 4.52 Å². The second-order valence-corrected chi connectivity index (χ2v) is 6.91. The largest absolute Gasteiger partial charge is 0.332 e. The molecule has 4 heterocycles. The highest BCUT2D eigenvalue weighted by atomic mass is 35.5. The molecule has 1 aromatic carbocycles. The highest BCUT2D eigenvalue weighted by Crippen LogP contribution is 2.33. The summed E-state index contributed by atoms with van der Waals surface area (Å²) in [5.74, 6) is 1.26. The fourth-order valence-corrected chi connectivity index (χ4v) is 3.28. The first-order valence-corrected chi connectivity index (χ1v) is 8.59. The zero-order chi connectivity index (χ0) is 17.8. The van der Waals surface area contributed by atoms with E-state index in [0.717, 1.165) is 22.8 Å². The maximum Gasteiger partial charge on any atom is 0.278 e. The van der Waals surface area contributed by atoms with Gasteiger partial charge in [0.15, 0.2) is 11.5 Å². The molecular weight excluding hydrogens is 354 g/mol. The zero-order valence-electron chi connectivity index (χ0n) is 14.1. The normalized spacial score (nSPS) is 12.6. The summed E-state index contributed by atoms with van der Waals surface area (Å²) in [6.07, 6.45) is 4.08. The van der Waals surface area contributed by atoms with Gasteiger partial charge in [-0.25, -0.2) is 9.67 Å². The van der Waals surface area contributed by atoms with Crippen LogP contribution in [0.1, 0.15) is 37.0 Å². The third-order valence-corrected chi connectivity index (χ3v) is 4.66. The van der Waals surface area contributed by atoms with Crippen LogP contribution < -0.4 is 0 Å². The molecular formula is C17H14ClN7O. The van der Waals surface area contributed by atoms with Gasteiger partial charge in [-0.15, -0.1) is 5.10 Å². The van der Waals surface area contributed by atoms with Crippen LogP contribution in [0.3, 0.4) is 0 Å². The molecule has 0 radical (unpaired) electrons. The second kappa shape index (κ2) is 5.50. The van der Waals surface area contributed by atoms with Crippen LogP contribution in [-0.4, -0.2) is 34.7 Å². The highest BCUT2D eigenvalue weighted by Gasteiger charge is 2.26. The fraction of sp³-hybridized carbons (Fsp3) is 0.235. The monoisotopic (exact) mass is 367 g/mol. The smallest absolute Gasteiger partial charge is 0.278 e. The molecule has 0 aliphatic carbocycles. The van der Waals surface area contributed by atoms with Crippen LogP contribution in [0, 0.1) is 0 Å². The molecule has 0 bridgehead atoms. The van der Waals surface area contributed by atoms with Crippen molar-refractivity contribution in [2.24, 2.45) is 0 Å². The summed E-state index contributed by atoms with van der Waals surface area (Å²) >= 11 is 6.20. The number of benzene rings is 1. The van der Waals surface area contributed by atoms with Crippen molar-refractivity contribution in [3.05, 3.63) is 53.0 Å². The standard InChI is InChI=1S/C17H14ClN7O/c1-9(2)16-21-17(26-22-16)15-14-6-11-7-20-23-25(11)13-5-10(18)3-4-12(13)24(14)8-19-15/h3-5,7-9H,6H2,1-2H3. The first-order chi connectivity index (χ1) is 12.6. The molecule has 8 nitrogen and oxygen atoms in total. The Hall–Kier alpha value is -3.00. The molecule has 0 fully saturated rings. The van der Waals surface area contributed by atoms with Crippen LogP contribution >= 0.6 is 11.6 Å². The summed E-state index contributed by atoms with van der Waals surface area (Å²) in [6, 6.07) is 5.65. The molecule has 1 aliphatic rings. The van der Waals surface area contributed by atoms with Gasteiger partial charge in [0.05, 0.1) is 29.0 Å². The minimum atomic E-state index is 0.183. The number of hydrogen-bond acceptors (Lipinski definition) is 6. The molecule has 26 heavy (non-hydrogen) atoms. The van der Waals surface area contributed by atoms with E-state index in [9.17, 15) is 0 Å². The summed E-state index contributed by atoms with van der Waals surface area (Å²) in [6.45, 7) is 4.04. The van der Waals surface area contributed by atoms with Gasteiger partial charge in [-0.3, -0.25) is 4.57 Å². The van der Waals surface area contributed by atoms with E-state index in [2.05, 4.69) is 25.4 Å². The molecule has 130 valence electrons. The third kappa shape index (κ3) is 2.19. The average Bonchev–Trinajstić information content (AvgIpc) is 3.33. The Morgan fingerprint density at radius 3 is 2.92 bits per heavy atom. The lowest BCUT2D eigenvalue weighted by Crippen LogP contribution is -2.03. The Labute approximate surface area is 153 Å². The summed E-state index contributed by atoms with van der Waals surface area (Å²) < 4.78 is 9.26. The molecule has 3 aromatic heterocycles. The second-order valence-electron chi connectivity index (χ2n) is 6.47. The van der Waals surface area contributed by atoms with Gasteiger partial charge in [0.2, 0.25) is 0 Å². The minimum absolute atomic E-state index is 0.183. The van der Waals surface area contributed by atoms with Crippen molar-refractivity contribution in [2.45, 2.75) is 26.2 Å². The number of hydrogen-bond donors (Lipinski definition) is 0. The molecule has 5 rings (SSSR count). The van der Waals surface area contributed by atoms with E-state index in [4.69, 9.17) is 16.1 Å². The molecule has 0 saturated heterocycles. The SMILES string of the molecule is CC(C)c1noc(-c2ncn3c2Cc2cnnn2-c2cc(Cl)ccc2-3)n1. The quantitative estimate of drug-likeness (QED) is 0.476. The topological polar surface area (TPSA) is 87.5 Å². The highest BCUT2D eigenvalue weighted by molar-refractivity contribution is 6.30. The van der Waals surface area contributed by atoms with Crippen LogP contribution in [0.5, 0.6) is 0 Å². The maximum atomic E-state index is 6.20. The van der Waals surface area contributed by atoms with Crippen LogP contribution in [0.15, 0.2) is 35.2 Å². The van der Waals surface area contributed by atoms with E-state index in [1.54, 1.807) is 17.2 Å². The first kappa shape index (κ1) is 15.3. The Bertz CT molecular complexity index is 1120. The van der Waals surface area contributed by atoms with Gasteiger partial charge in [-0.05, 0) is 18.2 Å². The van der Waals surface area contributed by atoms with Crippen molar-refractivity contribution in [2.75, 3.05) is 0 Å². The number of imidazole rings is 1. The van der Waals surface area contributed by atoms with E-state index in [-0.39, 0.29) is 5.92 Å². The van der Waals surface area contributed by atoms with Crippen LogP contribution in [-0.2, 0) is 6.42 Å². The van der Waals surface area contributed by atoms with Crippen molar-refractivity contribution in [3.63, 3.8) is 0 Å². The van der Waals surface area contributed by atoms with Crippen molar-refractivity contribution in [3.8, 4) is 23.0 Å². The molecule has 0 amide bonds. The van der Waals surface area contributed by atoms with Crippen LogP contribution in [0.4, 0.5) is 0 Å². The van der Waals surface area contributed by atoms with Gasteiger partial charge in [0.1, 0.15) is 6.33 Å². The predicted molar refractivity (Wildman–Crippen MR) is 93.7 cm³/mol. The van der Waals surface area contributed by atoms with Gasteiger partial charge >= 0.3 is 0 Å². The Morgan fingerprint density at radius 1 is 1.23 bits per heavy atom. The Kier molecular flexibility index (Phi) is 3.23. The number of aromatic nitrogens is 7. The van der Waals surface area contributed by atoms with Gasteiger partial charge in [0, 0.05) is 17.4 Å². The molecule has 0 saturated carbocycles. The van der Waals surface area contributed by atoms with Gasteiger partial charge in [-0.2, -0.15) is 4.98 Å². The maximum absolute atomic E-state index is 6.20. The summed E-state index contributed by atoms with van der Waals surface area (Å²) in [7, 11) is 0. The van der Waals surface area contributed by atoms with Crippen molar-refractivity contribution in [1.29, 1.82) is 0 Å². The Morgan fingerprint density at radius 2 is 2.12 bits per heavy atom. The lowest BCUT2D eigenvalue weighted by Gasteiger charge is -2.09. The molecule has 0 spiro atoms. The predicted octanol–water partition coefficient (Wildman–Crippen LogP) is 3.18. The lowest BCUT2D eigenvalue weighted by molar-refractivity contribution is 0.418. The van der Waals surface area contributed by atoms with E-state index >= 15 is 0 Å². The number of fused-ring (bicyclic) bond motifs is 5. The first-order valence-electron chi connectivity index (χ1n) is 8.22. The van der Waals surface area contributed by atoms with Gasteiger partial charge in [0.25, 0.3) is 5.89 Å². The van der Waals surface area contributed by atoms with Gasteiger partial charge in [-0.1, -0.05) is 35.8 Å². The average molecular weight is 368 g/mol. The van der Waals surface area contributed by atoms with Crippen molar-refractivity contribution in [1.82, 2.24) is 34.7 Å².